The van der Waals surface area contributed by atoms with Crippen LogP contribution in [0.25, 0.3) is 0 Å². The van der Waals surface area contributed by atoms with Crippen molar-refractivity contribution in [1.29, 1.82) is 0 Å². The molecule has 2 heterocycles. The average Bonchev–Trinajstić information content (AvgIpc) is 3.24. The van der Waals surface area contributed by atoms with Gasteiger partial charge in [0.05, 0.1) is 19.6 Å². The normalized spacial score (nSPS) is 21.9. The van der Waals surface area contributed by atoms with Crippen LogP contribution in [0.15, 0.2) is 42.5 Å². The summed E-state index contributed by atoms with van der Waals surface area (Å²) in [7, 11) is 1.52. The van der Waals surface area contributed by atoms with Gasteiger partial charge in [0.15, 0.2) is 35.2 Å². The number of hydrogen-bond acceptors (Lipinski definition) is 10. The number of fused-ring (bicyclic) bond motifs is 2. The number of aliphatic hydroxyl groups is 2. The van der Waals surface area contributed by atoms with Crippen molar-refractivity contribution in [1.82, 2.24) is 0 Å². The molecule has 39 heavy (non-hydrogen) atoms. The molecule has 10 nitrogen and oxygen atoms in total. The van der Waals surface area contributed by atoms with E-state index in [4.69, 9.17) is 18.9 Å². The zero-order valence-corrected chi connectivity index (χ0v) is 21.8. The molecule has 5 rings (SSSR count). The standard InChI is InChI=1S/C29H30O10/c1-29(2,3)39-20-6-5-13(9-21(20)36-4)26-17(12-30)16-7-14(8-19(33)28(16)38-26)27-25(35)24(34)23-18(32)10-15(31)11-22(23)37-27/h5-11,17,25-27,30-33,35H,12H2,1-4H3/t17-,25+,26+,27-/m1/s1. The number of hydrogen-bond donors (Lipinski definition) is 5. The predicted molar refractivity (Wildman–Crippen MR) is 138 cm³/mol. The lowest BCUT2D eigenvalue weighted by atomic mass is 9.87. The minimum Gasteiger partial charge on any atom is -0.508 e. The van der Waals surface area contributed by atoms with Crippen molar-refractivity contribution < 1.29 is 49.3 Å². The maximum absolute atomic E-state index is 12.9. The Hall–Kier alpha value is -4.15. The molecule has 0 saturated heterocycles. The third-order valence-electron chi connectivity index (χ3n) is 6.71. The molecule has 0 aromatic heterocycles. The molecular weight excluding hydrogens is 508 g/mol. The number of ether oxygens (including phenoxy) is 4. The molecule has 0 radical (unpaired) electrons. The summed E-state index contributed by atoms with van der Waals surface area (Å²) in [6.45, 7) is 5.43. The Morgan fingerprint density at radius 1 is 0.897 bits per heavy atom. The van der Waals surface area contributed by atoms with E-state index in [1.54, 1.807) is 24.3 Å². The smallest absolute Gasteiger partial charge is 0.202 e. The van der Waals surface area contributed by atoms with Crippen molar-refractivity contribution in [3.63, 3.8) is 0 Å². The largest absolute Gasteiger partial charge is 0.508 e. The van der Waals surface area contributed by atoms with E-state index in [1.165, 1.54) is 13.2 Å². The Kier molecular flexibility index (Phi) is 6.48. The quantitative estimate of drug-likeness (QED) is 0.323. The van der Waals surface area contributed by atoms with Gasteiger partial charge in [0, 0.05) is 17.7 Å². The van der Waals surface area contributed by atoms with E-state index < -0.39 is 41.4 Å². The van der Waals surface area contributed by atoms with Gasteiger partial charge < -0.3 is 44.5 Å². The fourth-order valence-corrected chi connectivity index (χ4v) is 5.03. The van der Waals surface area contributed by atoms with E-state index in [-0.39, 0.29) is 40.7 Å². The molecule has 3 aromatic carbocycles. The van der Waals surface area contributed by atoms with Gasteiger partial charge in [-0.2, -0.15) is 0 Å². The molecular formula is C29H30O10. The third-order valence-corrected chi connectivity index (χ3v) is 6.71. The summed E-state index contributed by atoms with van der Waals surface area (Å²) in [5, 5.41) is 51.9. The van der Waals surface area contributed by atoms with Gasteiger partial charge in [0.2, 0.25) is 5.78 Å². The number of aromatic hydroxyl groups is 3. The minimum atomic E-state index is -1.70. The van der Waals surface area contributed by atoms with E-state index in [2.05, 4.69) is 0 Å². The van der Waals surface area contributed by atoms with Gasteiger partial charge in [-0.25, -0.2) is 0 Å². The highest BCUT2D eigenvalue weighted by molar-refractivity contribution is 6.05. The second-order valence-electron chi connectivity index (χ2n) is 10.6. The summed E-state index contributed by atoms with van der Waals surface area (Å²) in [6, 6.07) is 10.4. The van der Waals surface area contributed by atoms with Crippen molar-refractivity contribution in [3.8, 4) is 40.2 Å². The summed E-state index contributed by atoms with van der Waals surface area (Å²) >= 11 is 0. The molecule has 0 bridgehead atoms. The van der Waals surface area contributed by atoms with Crippen LogP contribution in [0.2, 0.25) is 0 Å². The van der Waals surface area contributed by atoms with Gasteiger partial charge in [-0.1, -0.05) is 6.07 Å². The number of carbonyl (C=O) groups is 1. The van der Waals surface area contributed by atoms with Crippen molar-refractivity contribution >= 4 is 5.78 Å². The molecule has 0 amide bonds. The van der Waals surface area contributed by atoms with E-state index in [9.17, 15) is 30.3 Å². The molecule has 2 aliphatic rings. The van der Waals surface area contributed by atoms with Crippen LogP contribution in [0.5, 0.6) is 40.2 Å². The lowest BCUT2D eigenvalue weighted by Crippen LogP contribution is -2.36. The zero-order valence-electron chi connectivity index (χ0n) is 21.8. The highest BCUT2D eigenvalue weighted by Crippen LogP contribution is 2.52. The van der Waals surface area contributed by atoms with Crippen LogP contribution in [-0.2, 0) is 0 Å². The zero-order chi connectivity index (χ0) is 28.2. The molecule has 0 spiro atoms. The minimum absolute atomic E-state index is 0.106. The Labute approximate surface area is 224 Å². The SMILES string of the molecule is COc1cc([C@@H]2Oc3c(O)cc([C@H]4Oc5cc(O)cc(O)c5C(=O)[C@@H]4O)cc3[C@H]2CO)ccc1OC(C)(C)C. The van der Waals surface area contributed by atoms with E-state index in [1.807, 2.05) is 20.8 Å². The summed E-state index contributed by atoms with van der Waals surface area (Å²) in [5.74, 6) is -1.44. The van der Waals surface area contributed by atoms with Gasteiger partial charge >= 0.3 is 0 Å². The number of methoxy groups -OCH3 is 1. The highest BCUT2D eigenvalue weighted by atomic mass is 16.5. The predicted octanol–water partition coefficient (Wildman–Crippen LogP) is 3.88. The summed E-state index contributed by atoms with van der Waals surface area (Å²) in [4.78, 5) is 12.9. The molecule has 2 aliphatic heterocycles. The topological polar surface area (TPSA) is 155 Å². The molecule has 10 heteroatoms. The van der Waals surface area contributed by atoms with Crippen LogP contribution in [-0.4, -0.2) is 56.7 Å². The number of ketones is 1. The van der Waals surface area contributed by atoms with E-state index >= 15 is 0 Å². The number of carbonyl (C=O) groups excluding carboxylic acids is 1. The Balaban J connectivity index is 1.50. The first-order valence-electron chi connectivity index (χ1n) is 12.4. The molecule has 0 aliphatic carbocycles. The van der Waals surface area contributed by atoms with Gasteiger partial charge in [-0.05, 0) is 56.2 Å². The summed E-state index contributed by atoms with van der Waals surface area (Å²) in [6.07, 6.45) is -3.64. The molecule has 0 saturated carbocycles. The monoisotopic (exact) mass is 538 g/mol. The van der Waals surface area contributed by atoms with E-state index in [0.29, 0.717) is 22.6 Å². The van der Waals surface area contributed by atoms with Crippen LogP contribution < -0.4 is 18.9 Å². The lowest BCUT2D eigenvalue weighted by Gasteiger charge is -2.30. The Morgan fingerprint density at radius 3 is 2.31 bits per heavy atom. The maximum atomic E-state index is 12.9. The van der Waals surface area contributed by atoms with Gasteiger partial charge in [-0.3, -0.25) is 4.79 Å². The summed E-state index contributed by atoms with van der Waals surface area (Å²) in [5.41, 5.74) is 0.685. The average molecular weight is 539 g/mol. The number of benzene rings is 3. The molecule has 206 valence electrons. The number of phenolic OH excluding ortho intramolecular Hbond substituents is 3. The van der Waals surface area contributed by atoms with Crippen molar-refractivity contribution in [2.75, 3.05) is 13.7 Å². The first-order chi connectivity index (χ1) is 18.4. The number of Topliss-reactive ketones (excluding diaryl/α,β-unsaturated/α-hetero) is 1. The van der Waals surface area contributed by atoms with Crippen LogP contribution in [0.3, 0.4) is 0 Å². The Bertz CT molecular complexity index is 1440. The number of aliphatic hydroxyl groups excluding tert-OH is 2. The molecule has 0 fully saturated rings. The number of rotatable bonds is 5. The van der Waals surface area contributed by atoms with Gasteiger partial charge in [-0.15, -0.1) is 0 Å². The van der Waals surface area contributed by atoms with Crippen molar-refractivity contribution in [3.05, 3.63) is 64.7 Å². The van der Waals surface area contributed by atoms with Crippen LogP contribution >= 0.6 is 0 Å². The fourth-order valence-electron chi connectivity index (χ4n) is 5.03. The van der Waals surface area contributed by atoms with E-state index in [0.717, 1.165) is 12.1 Å². The molecule has 0 unspecified atom stereocenters. The van der Waals surface area contributed by atoms with Crippen LogP contribution in [0.4, 0.5) is 0 Å². The first-order valence-corrected chi connectivity index (χ1v) is 12.4. The van der Waals surface area contributed by atoms with Gasteiger partial charge in [0.25, 0.3) is 0 Å². The van der Waals surface area contributed by atoms with Crippen molar-refractivity contribution in [2.24, 2.45) is 0 Å². The second kappa shape index (κ2) is 9.55. The maximum Gasteiger partial charge on any atom is 0.202 e. The second-order valence-corrected chi connectivity index (χ2v) is 10.6. The molecule has 4 atom stereocenters. The first kappa shape index (κ1) is 26.5. The van der Waals surface area contributed by atoms with Crippen molar-refractivity contribution in [2.45, 2.75) is 50.6 Å². The van der Waals surface area contributed by atoms with Crippen LogP contribution in [0, 0.1) is 0 Å². The molecule has 3 aromatic rings. The van der Waals surface area contributed by atoms with Gasteiger partial charge in [0.1, 0.15) is 34.5 Å². The Morgan fingerprint density at radius 2 is 1.64 bits per heavy atom. The molecule has 5 N–H and O–H groups in total. The third kappa shape index (κ3) is 4.66. The van der Waals surface area contributed by atoms with Crippen LogP contribution in [0.1, 0.15) is 65.9 Å². The highest BCUT2D eigenvalue weighted by Gasteiger charge is 2.42. The number of phenols is 3. The fraction of sp³-hybridized carbons (Fsp3) is 0.345. The lowest BCUT2D eigenvalue weighted by molar-refractivity contribution is 0.0209. The summed E-state index contributed by atoms with van der Waals surface area (Å²) < 4.78 is 23.4.